The molecule has 1 aromatic carbocycles. The zero-order chi connectivity index (χ0) is 18.4. The SMILES string of the molecule is O=C(CCOc1ccc(F)cc1)N1CCCC(C(=O)N2CCOCC2)C1. The van der Waals surface area contributed by atoms with E-state index in [4.69, 9.17) is 9.47 Å². The monoisotopic (exact) mass is 364 g/mol. The van der Waals surface area contributed by atoms with Crippen molar-refractivity contribution < 1.29 is 23.5 Å². The predicted molar refractivity (Wildman–Crippen MR) is 93.2 cm³/mol. The Bertz CT molecular complexity index is 616. The second-order valence-corrected chi connectivity index (χ2v) is 6.67. The fourth-order valence-electron chi connectivity index (χ4n) is 3.39. The van der Waals surface area contributed by atoms with E-state index < -0.39 is 0 Å². The molecule has 0 aromatic heterocycles. The maximum atomic E-state index is 12.9. The standard InChI is InChI=1S/C19H25FN2O4/c20-16-3-5-17(6-4-16)26-11-7-18(23)22-8-1-2-15(14-22)19(24)21-9-12-25-13-10-21/h3-6,15H,1-2,7-14H2. The Hall–Kier alpha value is -2.15. The summed E-state index contributed by atoms with van der Waals surface area (Å²) in [6.07, 6.45) is 1.91. The molecule has 2 aliphatic heterocycles. The van der Waals surface area contributed by atoms with E-state index in [9.17, 15) is 14.0 Å². The molecule has 0 bridgehead atoms. The normalized spacial score (nSPS) is 20.7. The maximum absolute atomic E-state index is 12.9. The summed E-state index contributed by atoms with van der Waals surface area (Å²) in [7, 11) is 0. The molecule has 2 amide bonds. The summed E-state index contributed by atoms with van der Waals surface area (Å²) in [5.74, 6) is 0.222. The highest BCUT2D eigenvalue weighted by Crippen LogP contribution is 2.20. The largest absolute Gasteiger partial charge is 0.493 e. The Kier molecular flexibility index (Phi) is 6.44. The summed E-state index contributed by atoms with van der Waals surface area (Å²) in [5, 5.41) is 0. The molecule has 1 aromatic rings. The van der Waals surface area contributed by atoms with Gasteiger partial charge in [0.15, 0.2) is 0 Å². The molecule has 0 spiro atoms. The highest BCUT2D eigenvalue weighted by molar-refractivity contribution is 5.81. The molecule has 3 rings (SSSR count). The number of nitrogens with zero attached hydrogens (tertiary/aromatic N) is 2. The van der Waals surface area contributed by atoms with Crippen LogP contribution in [0.5, 0.6) is 5.75 Å². The van der Waals surface area contributed by atoms with Crippen LogP contribution in [-0.2, 0) is 14.3 Å². The van der Waals surface area contributed by atoms with Crippen molar-refractivity contribution >= 4 is 11.8 Å². The van der Waals surface area contributed by atoms with Gasteiger partial charge >= 0.3 is 0 Å². The van der Waals surface area contributed by atoms with Gasteiger partial charge in [0.2, 0.25) is 11.8 Å². The molecule has 2 heterocycles. The minimum absolute atomic E-state index is 0.00779. The number of carbonyl (C=O) groups is 2. The molecule has 2 saturated heterocycles. The average Bonchev–Trinajstić information content (AvgIpc) is 2.69. The molecule has 2 aliphatic rings. The van der Waals surface area contributed by atoms with Crippen LogP contribution in [0.1, 0.15) is 19.3 Å². The van der Waals surface area contributed by atoms with E-state index in [1.807, 2.05) is 4.90 Å². The van der Waals surface area contributed by atoms with Crippen molar-refractivity contribution in [3.05, 3.63) is 30.1 Å². The van der Waals surface area contributed by atoms with Crippen LogP contribution >= 0.6 is 0 Å². The van der Waals surface area contributed by atoms with Gasteiger partial charge in [-0.05, 0) is 37.1 Å². The van der Waals surface area contributed by atoms with Crippen molar-refractivity contribution in [2.45, 2.75) is 19.3 Å². The van der Waals surface area contributed by atoms with Gasteiger partial charge < -0.3 is 19.3 Å². The quantitative estimate of drug-likeness (QED) is 0.798. The maximum Gasteiger partial charge on any atom is 0.227 e. The Labute approximate surface area is 152 Å². The van der Waals surface area contributed by atoms with Crippen LogP contribution in [0.15, 0.2) is 24.3 Å². The number of likely N-dealkylation sites (tertiary alicyclic amines) is 1. The fraction of sp³-hybridized carbons (Fsp3) is 0.579. The number of rotatable bonds is 5. The van der Waals surface area contributed by atoms with Crippen molar-refractivity contribution in [1.82, 2.24) is 9.80 Å². The van der Waals surface area contributed by atoms with E-state index in [1.165, 1.54) is 24.3 Å². The number of hydrogen-bond acceptors (Lipinski definition) is 4. The molecular formula is C19H25FN2O4. The first-order chi connectivity index (χ1) is 12.6. The Balaban J connectivity index is 1.45. The number of morpholine rings is 1. The Morgan fingerprint density at radius 1 is 1.12 bits per heavy atom. The first-order valence-electron chi connectivity index (χ1n) is 9.16. The molecule has 7 heteroatoms. The average molecular weight is 364 g/mol. The third kappa shape index (κ3) is 4.94. The van der Waals surface area contributed by atoms with Crippen LogP contribution in [0, 0.1) is 11.7 Å². The summed E-state index contributed by atoms with van der Waals surface area (Å²) in [6.45, 7) is 3.84. The van der Waals surface area contributed by atoms with Gasteiger partial charge in [0, 0.05) is 26.2 Å². The van der Waals surface area contributed by atoms with Gasteiger partial charge in [-0.3, -0.25) is 9.59 Å². The lowest BCUT2D eigenvalue weighted by atomic mass is 9.96. The highest BCUT2D eigenvalue weighted by Gasteiger charge is 2.31. The zero-order valence-electron chi connectivity index (χ0n) is 14.9. The van der Waals surface area contributed by atoms with Gasteiger partial charge in [0.1, 0.15) is 11.6 Å². The van der Waals surface area contributed by atoms with Gasteiger partial charge in [-0.15, -0.1) is 0 Å². The summed E-state index contributed by atoms with van der Waals surface area (Å²) in [4.78, 5) is 28.7. The van der Waals surface area contributed by atoms with E-state index in [2.05, 4.69) is 0 Å². The number of piperidine rings is 1. The van der Waals surface area contributed by atoms with Crippen molar-refractivity contribution in [2.75, 3.05) is 46.0 Å². The third-order valence-electron chi connectivity index (χ3n) is 4.84. The molecule has 142 valence electrons. The third-order valence-corrected chi connectivity index (χ3v) is 4.84. The van der Waals surface area contributed by atoms with Gasteiger partial charge in [0.05, 0.1) is 32.2 Å². The minimum atomic E-state index is -0.322. The summed E-state index contributed by atoms with van der Waals surface area (Å²) >= 11 is 0. The predicted octanol–water partition coefficient (Wildman–Crippen LogP) is 1.69. The molecular weight excluding hydrogens is 339 g/mol. The number of amides is 2. The smallest absolute Gasteiger partial charge is 0.227 e. The molecule has 26 heavy (non-hydrogen) atoms. The number of hydrogen-bond donors (Lipinski definition) is 0. The topological polar surface area (TPSA) is 59.1 Å². The van der Waals surface area contributed by atoms with Crippen molar-refractivity contribution in [3.63, 3.8) is 0 Å². The van der Waals surface area contributed by atoms with Crippen molar-refractivity contribution in [3.8, 4) is 5.75 Å². The number of benzene rings is 1. The van der Waals surface area contributed by atoms with Crippen LogP contribution in [0.25, 0.3) is 0 Å². The lowest BCUT2D eigenvalue weighted by molar-refractivity contribution is -0.144. The van der Waals surface area contributed by atoms with Gasteiger partial charge in [-0.1, -0.05) is 0 Å². The number of carbonyl (C=O) groups excluding carboxylic acids is 2. The lowest BCUT2D eigenvalue weighted by Crippen LogP contribution is -2.49. The van der Waals surface area contributed by atoms with Crippen LogP contribution in [-0.4, -0.2) is 67.6 Å². The van der Waals surface area contributed by atoms with Crippen molar-refractivity contribution in [1.29, 1.82) is 0 Å². The zero-order valence-corrected chi connectivity index (χ0v) is 14.9. The highest BCUT2D eigenvalue weighted by atomic mass is 19.1. The molecule has 2 fully saturated rings. The van der Waals surface area contributed by atoms with Crippen LogP contribution in [0.3, 0.4) is 0 Å². The van der Waals surface area contributed by atoms with Crippen LogP contribution in [0.2, 0.25) is 0 Å². The van der Waals surface area contributed by atoms with Gasteiger partial charge in [0.25, 0.3) is 0 Å². The van der Waals surface area contributed by atoms with E-state index in [1.54, 1.807) is 4.90 Å². The Morgan fingerprint density at radius 3 is 2.58 bits per heavy atom. The van der Waals surface area contributed by atoms with E-state index >= 15 is 0 Å². The van der Waals surface area contributed by atoms with E-state index in [-0.39, 0.29) is 36.6 Å². The fourth-order valence-corrected chi connectivity index (χ4v) is 3.39. The van der Waals surface area contributed by atoms with E-state index in [0.29, 0.717) is 45.1 Å². The Morgan fingerprint density at radius 2 is 1.85 bits per heavy atom. The molecule has 0 saturated carbocycles. The molecule has 6 nitrogen and oxygen atoms in total. The van der Waals surface area contributed by atoms with Gasteiger partial charge in [-0.25, -0.2) is 4.39 Å². The second-order valence-electron chi connectivity index (χ2n) is 6.67. The minimum Gasteiger partial charge on any atom is -0.493 e. The van der Waals surface area contributed by atoms with E-state index in [0.717, 1.165) is 12.8 Å². The van der Waals surface area contributed by atoms with Crippen molar-refractivity contribution in [2.24, 2.45) is 5.92 Å². The lowest BCUT2D eigenvalue weighted by Gasteiger charge is -2.36. The number of halogens is 1. The first-order valence-corrected chi connectivity index (χ1v) is 9.16. The molecule has 0 radical (unpaired) electrons. The summed E-state index contributed by atoms with van der Waals surface area (Å²) < 4.78 is 23.6. The summed E-state index contributed by atoms with van der Waals surface area (Å²) in [6, 6.07) is 5.72. The molecule has 1 atom stereocenters. The second kappa shape index (κ2) is 8.98. The summed E-state index contributed by atoms with van der Waals surface area (Å²) in [5.41, 5.74) is 0. The van der Waals surface area contributed by atoms with Gasteiger partial charge in [-0.2, -0.15) is 0 Å². The molecule has 0 aliphatic carbocycles. The molecule has 0 N–H and O–H groups in total. The van der Waals surface area contributed by atoms with Crippen LogP contribution in [0.4, 0.5) is 4.39 Å². The number of ether oxygens (including phenoxy) is 2. The first kappa shape index (κ1) is 18.6. The van der Waals surface area contributed by atoms with Crippen LogP contribution < -0.4 is 4.74 Å². The molecule has 1 unspecified atom stereocenters.